The van der Waals surface area contributed by atoms with Gasteiger partial charge in [-0.25, -0.2) is 4.98 Å². The average Bonchev–Trinajstić information content (AvgIpc) is 2.30. The number of pyridine rings is 1. The van der Waals surface area contributed by atoms with E-state index in [1.165, 1.54) is 6.42 Å². The highest BCUT2D eigenvalue weighted by atomic mass is 16.3. The Hall–Kier alpha value is -1.62. The SMILES string of the molecule is Cc1cc(C)c(C(=N)N)c(N(CCCO)C2CCC2)n1. The molecule has 1 aliphatic carbocycles. The molecule has 1 heterocycles. The molecule has 0 aromatic carbocycles. The number of nitrogens with zero attached hydrogens (tertiary/aromatic N) is 2. The monoisotopic (exact) mass is 276 g/mol. The molecule has 0 saturated heterocycles. The quantitative estimate of drug-likeness (QED) is 0.545. The van der Waals surface area contributed by atoms with Crippen LogP contribution in [0.15, 0.2) is 6.07 Å². The molecule has 5 nitrogen and oxygen atoms in total. The van der Waals surface area contributed by atoms with E-state index < -0.39 is 0 Å². The van der Waals surface area contributed by atoms with Gasteiger partial charge < -0.3 is 15.7 Å². The van der Waals surface area contributed by atoms with E-state index in [0.717, 1.165) is 42.0 Å². The first kappa shape index (κ1) is 14.8. The van der Waals surface area contributed by atoms with Crippen molar-refractivity contribution in [3.05, 3.63) is 22.9 Å². The molecular formula is C15H24N4O. The molecule has 1 saturated carbocycles. The van der Waals surface area contributed by atoms with Gasteiger partial charge >= 0.3 is 0 Å². The molecule has 2 rings (SSSR count). The fraction of sp³-hybridized carbons (Fsp3) is 0.600. The summed E-state index contributed by atoms with van der Waals surface area (Å²) in [7, 11) is 0. The Labute approximate surface area is 120 Å². The van der Waals surface area contributed by atoms with E-state index in [1.54, 1.807) is 0 Å². The number of aliphatic hydroxyl groups excluding tert-OH is 1. The standard InChI is InChI=1S/C15H24N4O/c1-10-9-11(2)18-15(13(10)14(16)17)19(7-4-8-20)12-5-3-6-12/h9,12,20H,3-8H2,1-2H3,(H3,16,17). The van der Waals surface area contributed by atoms with Crippen molar-refractivity contribution in [2.75, 3.05) is 18.1 Å². The number of aryl methyl sites for hydroxylation is 2. The zero-order chi connectivity index (χ0) is 14.7. The van der Waals surface area contributed by atoms with Gasteiger partial charge in [-0.3, -0.25) is 5.41 Å². The van der Waals surface area contributed by atoms with Crippen molar-refractivity contribution in [3.8, 4) is 0 Å². The predicted molar refractivity (Wildman–Crippen MR) is 81.4 cm³/mol. The minimum atomic E-state index is 0.0679. The van der Waals surface area contributed by atoms with Crippen LogP contribution in [0.2, 0.25) is 0 Å². The summed E-state index contributed by atoms with van der Waals surface area (Å²) in [5.41, 5.74) is 8.43. The van der Waals surface area contributed by atoms with Crippen LogP contribution in [0.5, 0.6) is 0 Å². The summed E-state index contributed by atoms with van der Waals surface area (Å²) in [5, 5.41) is 16.9. The van der Waals surface area contributed by atoms with Gasteiger partial charge in [0, 0.05) is 24.9 Å². The molecule has 0 amide bonds. The van der Waals surface area contributed by atoms with Crippen LogP contribution in [-0.2, 0) is 0 Å². The van der Waals surface area contributed by atoms with Crippen molar-refractivity contribution in [3.63, 3.8) is 0 Å². The molecular weight excluding hydrogens is 252 g/mol. The van der Waals surface area contributed by atoms with E-state index in [0.29, 0.717) is 12.5 Å². The van der Waals surface area contributed by atoms with Crippen LogP contribution in [0.25, 0.3) is 0 Å². The number of aromatic nitrogens is 1. The van der Waals surface area contributed by atoms with Gasteiger partial charge in [0.25, 0.3) is 0 Å². The molecule has 1 fully saturated rings. The zero-order valence-electron chi connectivity index (χ0n) is 12.3. The summed E-state index contributed by atoms with van der Waals surface area (Å²) >= 11 is 0. The van der Waals surface area contributed by atoms with Crippen LogP contribution in [0.1, 0.15) is 42.5 Å². The molecule has 110 valence electrons. The van der Waals surface area contributed by atoms with E-state index in [-0.39, 0.29) is 12.4 Å². The maximum atomic E-state index is 9.11. The highest BCUT2D eigenvalue weighted by Crippen LogP contribution is 2.32. The molecule has 1 aromatic heterocycles. The van der Waals surface area contributed by atoms with Crippen LogP contribution in [0.3, 0.4) is 0 Å². The van der Waals surface area contributed by atoms with Gasteiger partial charge in [0.15, 0.2) is 0 Å². The van der Waals surface area contributed by atoms with Gasteiger partial charge in [0.2, 0.25) is 0 Å². The second kappa shape index (κ2) is 6.22. The molecule has 5 heteroatoms. The van der Waals surface area contributed by atoms with E-state index in [2.05, 4.69) is 9.88 Å². The number of nitrogens with two attached hydrogens (primary N) is 1. The number of hydrogen-bond acceptors (Lipinski definition) is 4. The maximum absolute atomic E-state index is 9.11. The summed E-state index contributed by atoms with van der Waals surface area (Å²) in [5.74, 6) is 0.881. The number of rotatable bonds is 6. The van der Waals surface area contributed by atoms with Crippen molar-refractivity contribution >= 4 is 11.7 Å². The molecule has 0 unspecified atom stereocenters. The molecule has 0 aliphatic heterocycles. The Kier molecular flexibility index (Phi) is 4.60. The Morgan fingerprint density at radius 1 is 1.50 bits per heavy atom. The first-order valence-electron chi connectivity index (χ1n) is 7.24. The second-order valence-corrected chi connectivity index (χ2v) is 5.55. The number of anilines is 1. The summed E-state index contributed by atoms with van der Waals surface area (Å²) in [4.78, 5) is 6.87. The van der Waals surface area contributed by atoms with Crippen LogP contribution in [0, 0.1) is 19.3 Å². The highest BCUT2D eigenvalue weighted by molar-refractivity contribution is 6.01. The van der Waals surface area contributed by atoms with Gasteiger partial charge in [0.05, 0.1) is 5.56 Å². The van der Waals surface area contributed by atoms with Crippen molar-refractivity contribution in [2.24, 2.45) is 5.73 Å². The van der Waals surface area contributed by atoms with Gasteiger partial charge in [-0.1, -0.05) is 0 Å². The summed E-state index contributed by atoms with van der Waals surface area (Å²) in [6.45, 7) is 4.87. The second-order valence-electron chi connectivity index (χ2n) is 5.55. The smallest absolute Gasteiger partial charge is 0.140 e. The molecule has 1 aliphatic rings. The fourth-order valence-electron chi connectivity index (χ4n) is 2.76. The van der Waals surface area contributed by atoms with Gasteiger partial charge in [0.1, 0.15) is 11.7 Å². The molecule has 0 spiro atoms. The topological polar surface area (TPSA) is 86.2 Å². The van der Waals surface area contributed by atoms with Crippen LogP contribution in [0.4, 0.5) is 5.82 Å². The third-order valence-corrected chi connectivity index (χ3v) is 3.94. The van der Waals surface area contributed by atoms with E-state index in [1.807, 2.05) is 19.9 Å². The summed E-state index contributed by atoms with van der Waals surface area (Å²) in [6.07, 6.45) is 4.25. The molecule has 0 bridgehead atoms. The number of nitrogens with one attached hydrogen (secondary N) is 1. The Bertz CT molecular complexity index is 497. The van der Waals surface area contributed by atoms with Crippen molar-refractivity contribution in [1.29, 1.82) is 5.41 Å². The largest absolute Gasteiger partial charge is 0.396 e. The number of aliphatic hydroxyl groups is 1. The van der Waals surface area contributed by atoms with Crippen LogP contribution >= 0.6 is 0 Å². The van der Waals surface area contributed by atoms with E-state index in [9.17, 15) is 0 Å². The number of nitrogen functional groups attached to an aromatic ring is 1. The highest BCUT2D eigenvalue weighted by Gasteiger charge is 2.28. The van der Waals surface area contributed by atoms with E-state index >= 15 is 0 Å². The molecule has 20 heavy (non-hydrogen) atoms. The lowest BCUT2D eigenvalue weighted by Crippen LogP contribution is -2.43. The van der Waals surface area contributed by atoms with E-state index in [4.69, 9.17) is 16.2 Å². The molecule has 4 N–H and O–H groups in total. The molecule has 0 radical (unpaired) electrons. The number of amidine groups is 1. The summed E-state index contributed by atoms with van der Waals surface area (Å²) in [6, 6.07) is 2.43. The minimum Gasteiger partial charge on any atom is -0.396 e. The third kappa shape index (κ3) is 2.93. The summed E-state index contributed by atoms with van der Waals surface area (Å²) < 4.78 is 0. The van der Waals surface area contributed by atoms with Crippen LogP contribution < -0.4 is 10.6 Å². The lowest BCUT2D eigenvalue weighted by Gasteiger charge is -2.39. The normalized spacial score (nSPS) is 14.9. The fourth-order valence-corrected chi connectivity index (χ4v) is 2.76. The minimum absolute atomic E-state index is 0.0679. The van der Waals surface area contributed by atoms with Crippen molar-refractivity contribution in [1.82, 2.24) is 4.98 Å². The molecule has 1 aromatic rings. The third-order valence-electron chi connectivity index (χ3n) is 3.94. The Morgan fingerprint density at radius 2 is 2.20 bits per heavy atom. The van der Waals surface area contributed by atoms with Crippen LogP contribution in [-0.4, -0.2) is 35.1 Å². The first-order chi connectivity index (χ1) is 9.54. The van der Waals surface area contributed by atoms with Gasteiger partial charge in [-0.05, 0) is 51.2 Å². The predicted octanol–water partition coefficient (Wildman–Crippen LogP) is 1.72. The number of hydrogen-bond donors (Lipinski definition) is 3. The maximum Gasteiger partial charge on any atom is 0.140 e. The first-order valence-corrected chi connectivity index (χ1v) is 7.24. The van der Waals surface area contributed by atoms with Gasteiger partial charge in [-0.2, -0.15) is 0 Å². The van der Waals surface area contributed by atoms with Crippen molar-refractivity contribution < 1.29 is 5.11 Å². The Balaban J connectivity index is 2.42. The Morgan fingerprint density at radius 3 is 2.70 bits per heavy atom. The average molecular weight is 276 g/mol. The lowest BCUT2D eigenvalue weighted by atomic mass is 9.90. The lowest BCUT2D eigenvalue weighted by molar-refractivity contribution is 0.282. The van der Waals surface area contributed by atoms with Crippen molar-refractivity contribution in [2.45, 2.75) is 45.6 Å². The van der Waals surface area contributed by atoms with Gasteiger partial charge in [-0.15, -0.1) is 0 Å². The zero-order valence-corrected chi connectivity index (χ0v) is 12.3. The molecule has 0 atom stereocenters.